The highest BCUT2D eigenvalue weighted by Crippen LogP contribution is 2.33. The SMILES string of the molecule is Cc1cc(C)c2sc(N(CCN(C)C)C(=O)c3cccc(Br)c3)nc2c1. The Morgan fingerprint density at radius 3 is 2.62 bits per heavy atom. The summed E-state index contributed by atoms with van der Waals surface area (Å²) in [5.41, 5.74) is 4.00. The lowest BCUT2D eigenvalue weighted by Gasteiger charge is -2.22. The first-order valence-corrected chi connectivity index (χ1v) is 10.1. The van der Waals surface area contributed by atoms with Crippen LogP contribution < -0.4 is 4.90 Å². The molecule has 1 heterocycles. The Kier molecular flexibility index (Phi) is 5.75. The van der Waals surface area contributed by atoms with Crippen LogP contribution in [0.4, 0.5) is 5.13 Å². The quantitative estimate of drug-likeness (QED) is 0.577. The maximum absolute atomic E-state index is 13.2. The standard InChI is InChI=1S/C20H22BrN3OS/c1-13-10-14(2)18-17(11-13)22-20(26-18)24(9-8-23(3)4)19(25)15-6-5-7-16(21)12-15/h5-7,10-12H,8-9H2,1-4H3. The van der Waals surface area contributed by atoms with Crippen LogP contribution >= 0.6 is 27.3 Å². The molecule has 0 unspecified atom stereocenters. The third kappa shape index (κ3) is 4.14. The zero-order chi connectivity index (χ0) is 18.8. The first-order chi connectivity index (χ1) is 12.3. The van der Waals surface area contributed by atoms with Crippen molar-refractivity contribution in [3.8, 4) is 0 Å². The second-order valence-electron chi connectivity index (χ2n) is 6.70. The zero-order valence-corrected chi connectivity index (χ0v) is 17.8. The summed E-state index contributed by atoms with van der Waals surface area (Å²) in [6.07, 6.45) is 0. The summed E-state index contributed by atoms with van der Waals surface area (Å²) in [6.45, 7) is 5.53. The summed E-state index contributed by atoms with van der Waals surface area (Å²) in [5, 5.41) is 0.750. The van der Waals surface area contributed by atoms with Crippen LogP contribution in [0.1, 0.15) is 21.5 Å². The third-order valence-electron chi connectivity index (χ3n) is 4.13. The predicted octanol–water partition coefficient (Wildman–Crippen LogP) is 4.88. The minimum absolute atomic E-state index is 0.0263. The van der Waals surface area contributed by atoms with Crippen LogP contribution in [-0.2, 0) is 0 Å². The van der Waals surface area contributed by atoms with E-state index in [-0.39, 0.29) is 5.91 Å². The van der Waals surface area contributed by atoms with Crippen molar-refractivity contribution in [1.29, 1.82) is 0 Å². The van der Waals surface area contributed by atoms with Gasteiger partial charge in [0.05, 0.1) is 10.2 Å². The summed E-state index contributed by atoms with van der Waals surface area (Å²) in [7, 11) is 4.02. The van der Waals surface area contributed by atoms with Gasteiger partial charge in [-0.3, -0.25) is 9.69 Å². The van der Waals surface area contributed by atoms with E-state index in [9.17, 15) is 4.79 Å². The van der Waals surface area contributed by atoms with Crippen molar-refractivity contribution in [2.75, 3.05) is 32.1 Å². The summed E-state index contributed by atoms with van der Waals surface area (Å²) in [5.74, 6) is -0.0263. The van der Waals surface area contributed by atoms with Gasteiger partial charge in [-0.25, -0.2) is 4.98 Å². The number of nitrogens with zero attached hydrogens (tertiary/aromatic N) is 3. The third-order valence-corrected chi connectivity index (χ3v) is 5.85. The summed E-state index contributed by atoms with van der Waals surface area (Å²) >= 11 is 5.03. The van der Waals surface area contributed by atoms with Crippen molar-refractivity contribution in [2.45, 2.75) is 13.8 Å². The molecule has 6 heteroatoms. The van der Waals surface area contributed by atoms with Crippen LogP contribution in [0.25, 0.3) is 10.2 Å². The number of anilines is 1. The maximum Gasteiger partial charge on any atom is 0.260 e. The molecule has 26 heavy (non-hydrogen) atoms. The molecule has 3 rings (SSSR count). The molecule has 136 valence electrons. The minimum Gasteiger partial charge on any atom is -0.308 e. The second-order valence-corrected chi connectivity index (χ2v) is 8.59. The number of fused-ring (bicyclic) bond motifs is 1. The molecule has 3 aromatic rings. The second kappa shape index (κ2) is 7.86. The lowest BCUT2D eigenvalue weighted by atomic mass is 10.1. The molecule has 0 fully saturated rings. The Labute approximate surface area is 166 Å². The van der Waals surface area contributed by atoms with Crippen LogP contribution in [0.15, 0.2) is 40.9 Å². The van der Waals surface area contributed by atoms with E-state index in [1.54, 1.807) is 16.2 Å². The number of halogens is 1. The van der Waals surface area contributed by atoms with E-state index < -0.39 is 0 Å². The molecule has 0 N–H and O–H groups in total. The molecule has 0 aliphatic carbocycles. The van der Waals surface area contributed by atoms with Crippen LogP contribution in [-0.4, -0.2) is 43.0 Å². The van der Waals surface area contributed by atoms with Crippen LogP contribution in [0.5, 0.6) is 0 Å². The number of hydrogen-bond donors (Lipinski definition) is 0. The number of aryl methyl sites for hydroxylation is 2. The normalized spacial score (nSPS) is 11.3. The Morgan fingerprint density at radius 1 is 1.15 bits per heavy atom. The first-order valence-electron chi connectivity index (χ1n) is 8.45. The first kappa shape index (κ1) is 19.0. The summed E-state index contributed by atoms with van der Waals surface area (Å²) in [6, 6.07) is 11.7. The number of amides is 1. The topological polar surface area (TPSA) is 36.4 Å². The highest BCUT2D eigenvalue weighted by molar-refractivity contribution is 9.10. The highest BCUT2D eigenvalue weighted by atomic mass is 79.9. The van der Waals surface area contributed by atoms with Gasteiger partial charge < -0.3 is 4.90 Å². The molecule has 0 saturated heterocycles. The molecular weight excluding hydrogens is 410 g/mol. The molecule has 0 atom stereocenters. The van der Waals surface area contributed by atoms with Crippen molar-refractivity contribution in [2.24, 2.45) is 0 Å². The zero-order valence-electron chi connectivity index (χ0n) is 15.4. The highest BCUT2D eigenvalue weighted by Gasteiger charge is 2.22. The average Bonchev–Trinajstić information content (AvgIpc) is 2.98. The molecular formula is C20H22BrN3OS. The van der Waals surface area contributed by atoms with E-state index in [1.165, 1.54) is 11.1 Å². The Bertz CT molecular complexity index is 951. The molecule has 1 amide bonds. The van der Waals surface area contributed by atoms with Gasteiger partial charge in [-0.1, -0.05) is 39.4 Å². The van der Waals surface area contributed by atoms with E-state index in [0.717, 1.165) is 26.4 Å². The van der Waals surface area contributed by atoms with Gasteiger partial charge in [0.2, 0.25) is 0 Å². The van der Waals surface area contributed by atoms with Gasteiger partial charge in [-0.05, 0) is 63.3 Å². The van der Waals surface area contributed by atoms with E-state index in [2.05, 4.69) is 46.8 Å². The van der Waals surface area contributed by atoms with Gasteiger partial charge in [0.25, 0.3) is 5.91 Å². The van der Waals surface area contributed by atoms with Crippen molar-refractivity contribution in [1.82, 2.24) is 9.88 Å². The molecule has 0 bridgehead atoms. The van der Waals surface area contributed by atoms with Gasteiger partial charge >= 0.3 is 0 Å². The number of rotatable bonds is 5. The smallest absolute Gasteiger partial charge is 0.260 e. The van der Waals surface area contributed by atoms with Crippen LogP contribution in [0, 0.1) is 13.8 Å². The van der Waals surface area contributed by atoms with Crippen molar-refractivity contribution in [3.05, 3.63) is 57.6 Å². The molecule has 0 aliphatic heterocycles. The van der Waals surface area contributed by atoms with Crippen LogP contribution in [0.2, 0.25) is 0 Å². The maximum atomic E-state index is 13.2. The number of hydrogen-bond acceptors (Lipinski definition) is 4. The van der Waals surface area contributed by atoms with E-state index in [0.29, 0.717) is 12.1 Å². The van der Waals surface area contributed by atoms with Crippen molar-refractivity contribution < 1.29 is 4.79 Å². The fraction of sp³-hybridized carbons (Fsp3) is 0.300. The molecule has 0 aliphatic rings. The number of likely N-dealkylation sites (N-methyl/N-ethyl adjacent to an activating group) is 1. The Hall–Kier alpha value is -1.76. The van der Waals surface area contributed by atoms with E-state index >= 15 is 0 Å². The molecule has 4 nitrogen and oxygen atoms in total. The monoisotopic (exact) mass is 431 g/mol. The lowest BCUT2D eigenvalue weighted by Crippen LogP contribution is -2.36. The minimum atomic E-state index is -0.0263. The Balaban J connectivity index is 2.03. The lowest BCUT2D eigenvalue weighted by molar-refractivity contribution is 0.0985. The number of aromatic nitrogens is 1. The van der Waals surface area contributed by atoms with Crippen LogP contribution in [0.3, 0.4) is 0 Å². The number of benzene rings is 2. The number of carbonyl (C=O) groups excluding carboxylic acids is 1. The molecule has 0 radical (unpaired) electrons. The fourth-order valence-corrected chi connectivity index (χ4v) is 4.28. The van der Waals surface area contributed by atoms with Crippen molar-refractivity contribution >= 4 is 48.5 Å². The van der Waals surface area contributed by atoms with E-state index in [4.69, 9.17) is 4.98 Å². The molecule has 1 aromatic heterocycles. The van der Waals surface area contributed by atoms with Crippen molar-refractivity contribution in [3.63, 3.8) is 0 Å². The van der Waals surface area contributed by atoms with Gasteiger partial charge in [0.15, 0.2) is 5.13 Å². The largest absolute Gasteiger partial charge is 0.308 e. The summed E-state index contributed by atoms with van der Waals surface area (Å²) in [4.78, 5) is 21.8. The molecule has 0 saturated carbocycles. The predicted molar refractivity (Wildman–Crippen MR) is 113 cm³/mol. The summed E-state index contributed by atoms with van der Waals surface area (Å²) < 4.78 is 2.04. The molecule has 2 aromatic carbocycles. The van der Waals surface area contributed by atoms with Gasteiger partial charge in [-0.2, -0.15) is 0 Å². The molecule has 0 spiro atoms. The van der Waals surface area contributed by atoms with E-state index in [1.807, 2.05) is 38.4 Å². The van der Waals surface area contributed by atoms with Gasteiger partial charge in [0, 0.05) is 23.1 Å². The fourth-order valence-electron chi connectivity index (χ4n) is 2.84. The number of carbonyl (C=O) groups is 1. The number of thiazole rings is 1. The van der Waals surface area contributed by atoms with Gasteiger partial charge in [-0.15, -0.1) is 0 Å². The van der Waals surface area contributed by atoms with Gasteiger partial charge in [0.1, 0.15) is 0 Å². The Morgan fingerprint density at radius 2 is 1.92 bits per heavy atom. The average molecular weight is 432 g/mol.